The van der Waals surface area contributed by atoms with Gasteiger partial charge in [-0.25, -0.2) is 0 Å². The van der Waals surface area contributed by atoms with E-state index in [2.05, 4.69) is 188 Å². The summed E-state index contributed by atoms with van der Waals surface area (Å²) in [5.74, 6) is 0.758. The van der Waals surface area contributed by atoms with Crippen molar-refractivity contribution in [3.05, 3.63) is 193 Å². The molecule has 1 nitrogen and oxygen atoms in total. The largest absolute Gasteiger partial charge is 0.311 e. The molecule has 7 aromatic rings. The average Bonchev–Trinajstić information content (AvgIpc) is 3.21. The molecule has 252 valence electrons. The minimum absolute atomic E-state index is 0.758. The third kappa shape index (κ3) is 6.29. The maximum atomic E-state index is 2.39. The van der Waals surface area contributed by atoms with E-state index in [1.54, 1.807) is 0 Å². The van der Waals surface area contributed by atoms with Gasteiger partial charge in [0.05, 0.1) is 0 Å². The molecule has 0 saturated heterocycles. The van der Waals surface area contributed by atoms with Gasteiger partial charge < -0.3 is 4.90 Å². The Bertz CT molecular complexity index is 2410. The first-order valence-corrected chi connectivity index (χ1v) is 18.8. The predicted octanol–water partition coefficient (Wildman–Crippen LogP) is 14.2. The molecule has 0 amide bonds. The second-order valence-corrected chi connectivity index (χ2v) is 14.5. The van der Waals surface area contributed by atoms with Crippen LogP contribution in [0, 0.1) is 5.92 Å². The minimum atomic E-state index is 0.758. The Morgan fingerprint density at radius 1 is 0.519 bits per heavy atom. The van der Waals surface area contributed by atoms with E-state index in [0.29, 0.717) is 0 Å². The van der Waals surface area contributed by atoms with Crippen LogP contribution in [0.3, 0.4) is 0 Å². The van der Waals surface area contributed by atoms with Crippen LogP contribution in [-0.2, 0) is 12.8 Å². The van der Waals surface area contributed by atoms with Crippen molar-refractivity contribution in [3.63, 3.8) is 0 Å². The van der Waals surface area contributed by atoms with Gasteiger partial charge in [-0.15, -0.1) is 0 Å². The molecule has 1 heteroatoms. The van der Waals surface area contributed by atoms with Gasteiger partial charge in [0.15, 0.2) is 0 Å². The predicted molar refractivity (Wildman–Crippen MR) is 222 cm³/mol. The lowest BCUT2D eigenvalue weighted by Gasteiger charge is -2.27. The highest BCUT2D eigenvalue weighted by Crippen LogP contribution is 2.40. The number of hydrogen-bond acceptors (Lipinski definition) is 1. The smallest absolute Gasteiger partial charge is 0.0462 e. The fourth-order valence-electron chi connectivity index (χ4n) is 8.26. The van der Waals surface area contributed by atoms with Gasteiger partial charge in [-0.1, -0.05) is 134 Å². The minimum Gasteiger partial charge on any atom is -0.311 e. The van der Waals surface area contributed by atoms with Crippen molar-refractivity contribution in [2.24, 2.45) is 5.92 Å². The second-order valence-electron chi connectivity index (χ2n) is 14.5. The Balaban J connectivity index is 1.10. The number of allylic oxidation sites excluding steroid dienone is 4. The Morgan fingerprint density at radius 3 is 1.88 bits per heavy atom. The summed E-state index contributed by atoms with van der Waals surface area (Å²) in [5.41, 5.74) is 16.7. The first kappa shape index (κ1) is 32.0. The molecule has 2 aliphatic carbocycles. The van der Waals surface area contributed by atoms with E-state index in [9.17, 15) is 0 Å². The molecule has 0 spiro atoms. The van der Waals surface area contributed by atoms with E-state index >= 15 is 0 Å². The number of hydrogen-bond donors (Lipinski definition) is 0. The molecule has 0 radical (unpaired) electrons. The molecule has 0 saturated carbocycles. The molecule has 9 rings (SSSR count). The Morgan fingerprint density at radius 2 is 1.17 bits per heavy atom. The van der Waals surface area contributed by atoms with Gasteiger partial charge in [0.25, 0.3) is 0 Å². The van der Waals surface area contributed by atoms with Gasteiger partial charge in [-0.3, -0.25) is 0 Å². The van der Waals surface area contributed by atoms with Gasteiger partial charge in [0.2, 0.25) is 0 Å². The Labute approximate surface area is 308 Å². The zero-order valence-electron chi connectivity index (χ0n) is 29.8. The maximum Gasteiger partial charge on any atom is 0.0462 e. The summed E-state index contributed by atoms with van der Waals surface area (Å²) in [7, 11) is 0. The molecular formula is C51H43N. The van der Waals surface area contributed by atoms with Crippen LogP contribution >= 0.6 is 0 Å². The van der Waals surface area contributed by atoms with Gasteiger partial charge in [-0.2, -0.15) is 0 Å². The zero-order chi connectivity index (χ0) is 34.9. The molecular weight excluding hydrogens is 627 g/mol. The standard InChI is InChI=1S/C51H43N/c1-36-19-32-50-42(33-36)16-10-18-48(50)41-24-30-47(31-25-41)52(45-26-20-38(21-27-45)37-11-4-2-5-12-37)46-28-22-39(23-29-46)44-34-43-15-8-9-17-49(43)51(35-44)40-13-6-3-7-14-40/h3-4,6-18,20-31,34-36H,2,5,19,32-33H2,1H3/t36-/m1/s1. The molecule has 0 unspecified atom stereocenters. The lowest BCUT2D eigenvalue weighted by atomic mass is 9.81. The molecule has 52 heavy (non-hydrogen) atoms. The van der Waals surface area contributed by atoms with Gasteiger partial charge in [0, 0.05) is 17.1 Å². The molecule has 1 atom stereocenters. The van der Waals surface area contributed by atoms with E-state index < -0.39 is 0 Å². The van der Waals surface area contributed by atoms with Crippen LogP contribution in [0.5, 0.6) is 0 Å². The summed E-state index contributed by atoms with van der Waals surface area (Å²) in [5, 5.41) is 2.53. The van der Waals surface area contributed by atoms with E-state index in [4.69, 9.17) is 0 Å². The number of nitrogens with zero attached hydrogens (tertiary/aromatic N) is 1. The number of anilines is 3. The molecule has 0 heterocycles. The van der Waals surface area contributed by atoms with Crippen molar-refractivity contribution in [1.29, 1.82) is 0 Å². The van der Waals surface area contributed by atoms with Crippen LogP contribution in [0.2, 0.25) is 0 Å². The van der Waals surface area contributed by atoms with E-state index in [1.165, 1.54) is 79.3 Å². The highest BCUT2D eigenvalue weighted by Gasteiger charge is 2.19. The topological polar surface area (TPSA) is 3.24 Å². The number of rotatable bonds is 7. The third-order valence-electron chi connectivity index (χ3n) is 11.0. The summed E-state index contributed by atoms with van der Waals surface area (Å²) in [4.78, 5) is 2.39. The van der Waals surface area contributed by atoms with Crippen molar-refractivity contribution < 1.29 is 0 Å². The SMILES string of the molecule is C[C@@H]1CCc2c(cccc2-c2ccc(N(c3ccc(C4=CCCC=C4)cc3)c3ccc(-c4cc(-c5ccccc5)c5ccccc5c4)cc3)cc2)C1. The van der Waals surface area contributed by atoms with Crippen LogP contribution in [-0.4, -0.2) is 0 Å². The molecule has 0 fully saturated rings. The highest BCUT2D eigenvalue weighted by molar-refractivity contribution is 6.00. The van der Waals surface area contributed by atoms with Crippen LogP contribution in [0.15, 0.2) is 176 Å². The van der Waals surface area contributed by atoms with Crippen LogP contribution < -0.4 is 4.90 Å². The van der Waals surface area contributed by atoms with Crippen molar-refractivity contribution in [1.82, 2.24) is 0 Å². The maximum absolute atomic E-state index is 2.39. The summed E-state index contributed by atoms with van der Waals surface area (Å²) in [6.45, 7) is 2.38. The van der Waals surface area contributed by atoms with Crippen LogP contribution in [0.25, 0.3) is 49.7 Å². The lowest BCUT2D eigenvalue weighted by Crippen LogP contribution is -2.12. The first-order valence-electron chi connectivity index (χ1n) is 18.8. The normalized spacial score (nSPS) is 15.2. The van der Waals surface area contributed by atoms with Gasteiger partial charge in [0.1, 0.15) is 0 Å². The highest BCUT2D eigenvalue weighted by atomic mass is 15.1. The van der Waals surface area contributed by atoms with Crippen LogP contribution in [0.1, 0.15) is 42.9 Å². The third-order valence-corrected chi connectivity index (χ3v) is 11.0. The van der Waals surface area contributed by atoms with Crippen molar-refractivity contribution in [3.8, 4) is 33.4 Å². The first-order chi connectivity index (χ1) is 25.7. The van der Waals surface area contributed by atoms with Crippen LogP contribution in [0.4, 0.5) is 17.1 Å². The molecule has 7 aromatic carbocycles. The van der Waals surface area contributed by atoms with E-state index in [-0.39, 0.29) is 0 Å². The van der Waals surface area contributed by atoms with Crippen molar-refractivity contribution in [2.75, 3.05) is 4.90 Å². The summed E-state index contributed by atoms with van der Waals surface area (Å²) < 4.78 is 0. The Kier molecular flexibility index (Phi) is 8.62. The quantitative estimate of drug-likeness (QED) is 0.163. The Hall–Kier alpha value is -5.92. The van der Waals surface area contributed by atoms with Crippen molar-refractivity contribution in [2.45, 2.75) is 39.0 Å². The zero-order valence-corrected chi connectivity index (χ0v) is 29.8. The lowest BCUT2D eigenvalue weighted by molar-refractivity contribution is 0.502. The molecule has 0 N–H and O–H groups in total. The van der Waals surface area contributed by atoms with E-state index in [1.807, 2.05) is 0 Å². The summed E-state index contributed by atoms with van der Waals surface area (Å²) >= 11 is 0. The van der Waals surface area contributed by atoms with E-state index in [0.717, 1.165) is 42.2 Å². The molecule has 0 aromatic heterocycles. The van der Waals surface area contributed by atoms with Gasteiger partial charge in [-0.05, 0) is 153 Å². The molecule has 0 aliphatic heterocycles. The summed E-state index contributed by atoms with van der Waals surface area (Å²) in [6.07, 6.45) is 12.7. The summed E-state index contributed by atoms with van der Waals surface area (Å²) in [6, 6.07) is 58.4. The average molecular weight is 670 g/mol. The fraction of sp³-hybridized carbons (Fsp3) is 0.137. The molecule has 2 aliphatic rings. The second kappa shape index (κ2) is 14.0. The van der Waals surface area contributed by atoms with Crippen molar-refractivity contribution >= 4 is 33.4 Å². The fourth-order valence-corrected chi connectivity index (χ4v) is 8.26. The monoisotopic (exact) mass is 669 g/mol. The number of fused-ring (bicyclic) bond motifs is 2. The number of benzene rings is 7. The van der Waals surface area contributed by atoms with Gasteiger partial charge >= 0.3 is 0 Å². The molecule has 0 bridgehead atoms.